The summed E-state index contributed by atoms with van der Waals surface area (Å²) in [7, 11) is -1.91. The van der Waals surface area contributed by atoms with Crippen LogP contribution in [-0.4, -0.2) is 29.5 Å². The Hall–Kier alpha value is -1.73. The van der Waals surface area contributed by atoms with E-state index in [0.29, 0.717) is 17.8 Å². The summed E-state index contributed by atoms with van der Waals surface area (Å²) in [6.45, 7) is 0. The van der Waals surface area contributed by atoms with Gasteiger partial charge in [-0.25, -0.2) is 13.1 Å². The van der Waals surface area contributed by atoms with Crippen molar-refractivity contribution >= 4 is 10.0 Å². The second kappa shape index (κ2) is 5.42. The van der Waals surface area contributed by atoms with Crippen molar-refractivity contribution in [3.05, 3.63) is 42.1 Å². The zero-order valence-corrected chi connectivity index (χ0v) is 13.8. The molecule has 2 bridgehead atoms. The Morgan fingerprint density at radius 1 is 1.13 bits per heavy atom. The van der Waals surface area contributed by atoms with Crippen molar-refractivity contribution in [2.24, 2.45) is 18.9 Å². The number of fused-ring (bicyclic) bond motifs is 2. The van der Waals surface area contributed by atoms with Gasteiger partial charge in [-0.05, 0) is 42.6 Å². The van der Waals surface area contributed by atoms with Gasteiger partial charge in [0.2, 0.25) is 5.03 Å². The number of nitrogens with zero attached hydrogens (tertiary/aromatic N) is 3. The number of nitrogens with one attached hydrogen (secondary N) is 1. The van der Waals surface area contributed by atoms with Gasteiger partial charge in [0.1, 0.15) is 0 Å². The highest BCUT2D eigenvalue weighted by Gasteiger charge is 2.47. The SMILES string of the molecule is Cn1cc(S(=O)(=O)N[C@@H]2C[C@H]3C[C@@H]2C[C@H]3c2ccccc2)nn1. The number of hydrogen-bond donors (Lipinski definition) is 1. The third-order valence-corrected chi connectivity index (χ3v) is 6.60. The number of sulfonamides is 1. The summed E-state index contributed by atoms with van der Waals surface area (Å²) >= 11 is 0. The second-order valence-corrected chi connectivity index (χ2v) is 8.36. The van der Waals surface area contributed by atoms with E-state index in [2.05, 4.69) is 39.3 Å². The van der Waals surface area contributed by atoms with Crippen molar-refractivity contribution in [2.75, 3.05) is 0 Å². The van der Waals surface area contributed by atoms with Crippen LogP contribution in [0, 0.1) is 11.8 Å². The van der Waals surface area contributed by atoms with Crippen LogP contribution in [0.25, 0.3) is 0 Å². The number of rotatable bonds is 4. The Balaban J connectivity index is 1.47. The Bertz CT molecular complexity index is 802. The first-order valence-corrected chi connectivity index (χ1v) is 9.45. The second-order valence-electron chi connectivity index (χ2n) is 6.70. The van der Waals surface area contributed by atoms with Gasteiger partial charge in [0.25, 0.3) is 10.0 Å². The van der Waals surface area contributed by atoms with E-state index in [-0.39, 0.29) is 11.1 Å². The van der Waals surface area contributed by atoms with E-state index in [1.54, 1.807) is 7.05 Å². The monoisotopic (exact) mass is 332 g/mol. The maximum Gasteiger partial charge on any atom is 0.261 e. The molecule has 0 spiro atoms. The van der Waals surface area contributed by atoms with Crippen molar-refractivity contribution in [1.29, 1.82) is 0 Å². The van der Waals surface area contributed by atoms with Gasteiger partial charge in [0.15, 0.2) is 0 Å². The van der Waals surface area contributed by atoms with Crippen LogP contribution < -0.4 is 4.72 Å². The molecule has 0 radical (unpaired) electrons. The first-order valence-electron chi connectivity index (χ1n) is 7.96. The number of aromatic nitrogens is 3. The summed E-state index contributed by atoms with van der Waals surface area (Å²) in [6, 6.07) is 10.6. The highest BCUT2D eigenvalue weighted by Crippen LogP contribution is 2.53. The summed E-state index contributed by atoms with van der Waals surface area (Å²) in [5.74, 6) is 1.55. The molecule has 1 aromatic heterocycles. The Labute approximate surface area is 136 Å². The van der Waals surface area contributed by atoms with Gasteiger partial charge in [-0.2, -0.15) is 0 Å². The Morgan fingerprint density at radius 3 is 2.52 bits per heavy atom. The molecule has 0 aliphatic heterocycles. The topological polar surface area (TPSA) is 76.9 Å². The largest absolute Gasteiger partial charge is 0.261 e. The van der Waals surface area contributed by atoms with E-state index < -0.39 is 10.0 Å². The fraction of sp³-hybridized carbons (Fsp3) is 0.500. The molecule has 7 heteroatoms. The van der Waals surface area contributed by atoms with Gasteiger partial charge in [-0.3, -0.25) is 4.68 Å². The Kier molecular flexibility index (Phi) is 3.50. The molecule has 2 saturated carbocycles. The predicted molar refractivity (Wildman–Crippen MR) is 85.1 cm³/mol. The highest BCUT2D eigenvalue weighted by molar-refractivity contribution is 7.89. The fourth-order valence-corrected chi connectivity index (χ4v) is 5.48. The molecule has 6 nitrogen and oxygen atoms in total. The molecule has 4 atom stereocenters. The lowest BCUT2D eigenvalue weighted by atomic mass is 9.82. The predicted octanol–water partition coefficient (Wildman–Crippen LogP) is 1.68. The number of benzene rings is 1. The lowest BCUT2D eigenvalue weighted by Crippen LogP contribution is -2.39. The minimum absolute atomic E-state index is 0.00221. The molecule has 2 fully saturated rings. The minimum Gasteiger partial charge on any atom is -0.254 e. The van der Waals surface area contributed by atoms with Gasteiger partial charge in [0.05, 0.1) is 6.20 Å². The molecule has 2 aromatic rings. The molecular weight excluding hydrogens is 312 g/mol. The third kappa shape index (κ3) is 2.68. The summed E-state index contributed by atoms with van der Waals surface area (Å²) < 4.78 is 29.1. The maximum atomic E-state index is 12.4. The molecule has 4 rings (SSSR count). The fourth-order valence-electron chi connectivity index (χ4n) is 4.24. The molecule has 2 aliphatic carbocycles. The van der Waals surface area contributed by atoms with E-state index >= 15 is 0 Å². The quantitative estimate of drug-likeness (QED) is 0.924. The van der Waals surface area contributed by atoms with Crippen molar-refractivity contribution in [2.45, 2.75) is 36.2 Å². The van der Waals surface area contributed by atoms with Crippen molar-refractivity contribution < 1.29 is 8.42 Å². The molecule has 0 unspecified atom stereocenters. The Morgan fingerprint density at radius 2 is 1.91 bits per heavy atom. The average Bonchev–Trinajstić information content (AvgIpc) is 3.23. The van der Waals surface area contributed by atoms with Crippen LogP contribution in [0.15, 0.2) is 41.6 Å². The van der Waals surface area contributed by atoms with E-state index in [9.17, 15) is 8.42 Å². The van der Waals surface area contributed by atoms with Crippen LogP contribution >= 0.6 is 0 Å². The smallest absolute Gasteiger partial charge is 0.254 e. The van der Waals surface area contributed by atoms with Gasteiger partial charge in [-0.1, -0.05) is 35.5 Å². The van der Waals surface area contributed by atoms with Gasteiger partial charge >= 0.3 is 0 Å². The molecule has 1 N–H and O–H groups in total. The minimum atomic E-state index is -3.57. The summed E-state index contributed by atoms with van der Waals surface area (Å²) in [4.78, 5) is 0. The number of aryl methyl sites for hydroxylation is 1. The lowest BCUT2D eigenvalue weighted by Gasteiger charge is -2.28. The average molecular weight is 332 g/mol. The molecule has 2 aliphatic rings. The zero-order valence-electron chi connectivity index (χ0n) is 13.0. The van der Waals surface area contributed by atoms with Crippen molar-refractivity contribution in [3.63, 3.8) is 0 Å². The summed E-state index contributed by atoms with van der Waals surface area (Å²) in [6.07, 6.45) is 4.50. The lowest BCUT2D eigenvalue weighted by molar-refractivity contribution is 0.354. The molecular formula is C16H20N4O2S. The summed E-state index contributed by atoms with van der Waals surface area (Å²) in [5, 5.41) is 7.42. The molecule has 0 amide bonds. The standard InChI is InChI=1S/C16H20N4O2S/c1-20-10-16(17-19-20)23(21,22)18-15-9-12-7-13(15)8-14(12)11-5-3-2-4-6-11/h2-6,10,12-15,18H,7-9H2,1H3/t12-,13-,14+,15-/m1/s1. The van der Waals surface area contributed by atoms with Gasteiger partial charge < -0.3 is 0 Å². The van der Waals surface area contributed by atoms with Crippen LogP contribution in [0.4, 0.5) is 0 Å². The summed E-state index contributed by atoms with van der Waals surface area (Å²) in [5.41, 5.74) is 1.38. The third-order valence-electron chi connectivity index (χ3n) is 5.25. The first-order chi connectivity index (χ1) is 11.0. The highest BCUT2D eigenvalue weighted by atomic mass is 32.2. The van der Waals surface area contributed by atoms with E-state index in [0.717, 1.165) is 19.3 Å². The van der Waals surface area contributed by atoms with Crippen LogP contribution in [0.2, 0.25) is 0 Å². The maximum absolute atomic E-state index is 12.4. The van der Waals surface area contributed by atoms with Crippen molar-refractivity contribution in [3.8, 4) is 0 Å². The van der Waals surface area contributed by atoms with Gasteiger partial charge in [0, 0.05) is 13.1 Å². The molecule has 1 heterocycles. The van der Waals surface area contributed by atoms with Crippen LogP contribution in [0.3, 0.4) is 0 Å². The van der Waals surface area contributed by atoms with E-state index in [1.165, 1.54) is 16.4 Å². The van der Waals surface area contributed by atoms with E-state index in [1.807, 2.05) is 6.07 Å². The zero-order chi connectivity index (χ0) is 16.0. The molecule has 122 valence electrons. The van der Waals surface area contributed by atoms with Gasteiger partial charge in [-0.15, -0.1) is 5.10 Å². The van der Waals surface area contributed by atoms with Crippen LogP contribution in [0.5, 0.6) is 0 Å². The normalized spacial score (nSPS) is 30.0. The molecule has 1 aromatic carbocycles. The van der Waals surface area contributed by atoms with Crippen LogP contribution in [-0.2, 0) is 17.1 Å². The van der Waals surface area contributed by atoms with Crippen molar-refractivity contribution in [1.82, 2.24) is 19.7 Å². The molecule has 0 saturated heterocycles. The van der Waals surface area contributed by atoms with Crippen LogP contribution in [0.1, 0.15) is 30.7 Å². The number of hydrogen-bond acceptors (Lipinski definition) is 4. The first kappa shape index (κ1) is 14.8. The van der Waals surface area contributed by atoms with E-state index in [4.69, 9.17) is 0 Å². The molecule has 23 heavy (non-hydrogen) atoms.